The lowest BCUT2D eigenvalue weighted by atomic mass is 9.99. The molecule has 1 atom stereocenters. The van der Waals surface area contributed by atoms with Crippen LogP contribution in [0, 0.1) is 36.8 Å². The van der Waals surface area contributed by atoms with Crippen molar-refractivity contribution in [3.8, 4) is 22.3 Å². The minimum atomic E-state index is -1.03. The minimum absolute atomic E-state index is 0.209. The van der Waals surface area contributed by atoms with Crippen LogP contribution in [-0.4, -0.2) is 25.6 Å². The first-order valence-corrected chi connectivity index (χ1v) is 12.8. The zero-order valence-corrected chi connectivity index (χ0v) is 21.2. The predicted molar refractivity (Wildman–Crippen MR) is 137 cm³/mol. The third-order valence-electron chi connectivity index (χ3n) is 6.73. The predicted octanol–water partition coefficient (Wildman–Crippen LogP) is 6.16. The van der Waals surface area contributed by atoms with Gasteiger partial charge in [-0.2, -0.15) is 5.26 Å². The van der Waals surface area contributed by atoms with Crippen LogP contribution in [0.1, 0.15) is 47.5 Å². The molecule has 1 saturated heterocycles. The lowest BCUT2D eigenvalue weighted by molar-refractivity contribution is -0.120. The van der Waals surface area contributed by atoms with E-state index < -0.39 is 17.7 Å². The normalized spacial score (nSPS) is 15.8. The Hall–Kier alpha value is -4.43. The number of anilines is 1. The first-order valence-electron chi connectivity index (χ1n) is 11.9. The Labute approximate surface area is 219 Å². The van der Waals surface area contributed by atoms with E-state index >= 15 is 0 Å². The molecule has 6 rings (SSSR count). The number of benzene rings is 2. The smallest absolute Gasteiger partial charge is 0.227 e. The third kappa shape index (κ3) is 3.85. The SMILES string of the molecule is Cc1noc(C)c1-c1ccc2c(c1)nc([C@@H]1CCCC(=O)N1c1ccc(F)c(F)c1)n2-c1ncc(C#N)s1. The molecule has 2 aromatic carbocycles. The minimum Gasteiger partial charge on any atom is -0.361 e. The van der Waals surface area contributed by atoms with Crippen molar-refractivity contribution in [2.45, 2.75) is 39.2 Å². The van der Waals surface area contributed by atoms with Crippen molar-refractivity contribution >= 4 is 34.0 Å². The van der Waals surface area contributed by atoms with E-state index in [1.807, 2.05) is 36.6 Å². The summed E-state index contributed by atoms with van der Waals surface area (Å²) in [6.07, 6.45) is 2.94. The summed E-state index contributed by atoms with van der Waals surface area (Å²) >= 11 is 1.21. The van der Waals surface area contributed by atoms with Crippen LogP contribution in [0.3, 0.4) is 0 Å². The number of carbonyl (C=O) groups excluding carboxylic acids is 1. The summed E-state index contributed by atoms with van der Waals surface area (Å²) in [5.41, 5.74) is 4.14. The largest absolute Gasteiger partial charge is 0.361 e. The molecule has 1 aliphatic rings. The van der Waals surface area contributed by atoms with Crippen LogP contribution in [0.2, 0.25) is 0 Å². The van der Waals surface area contributed by atoms with Crippen LogP contribution in [0.4, 0.5) is 14.5 Å². The highest BCUT2D eigenvalue weighted by atomic mass is 32.1. The Morgan fingerprint density at radius 3 is 2.71 bits per heavy atom. The molecule has 0 unspecified atom stereocenters. The van der Waals surface area contributed by atoms with Gasteiger partial charge in [0.2, 0.25) is 5.91 Å². The van der Waals surface area contributed by atoms with E-state index in [0.29, 0.717) is 40.0 Å². The van der Waals surface area contributed by atoms with Gasteiger partial charge in [-0.1, -0.05) is 22.6 Å². The van der Waals surface area contributed by atoms with Gasteiger partial charge in [0, 0.05) is 23.7 Å². The number of nitrogens with zero attached hydrogens (tertiary/aromatic N) is 6. The molecule has 190 valence electrons. The Kier molecular flexibility index (Phi) is 5.76. The van der Waals surface area contributed by atoms with E-state index in [1.54, 1.807) is 0 Å². The maximum absolute atomic E-state index is 14.2. The number of aromatic nitrogens is 4. The van der Waals surface area contributed by atoms with Crippen molar-refractivity contribution in [2.75, 3.05) is 4.90 Å². The molecule has 8 nitrogen and oxygen atoms in total. The van der Waals surface area contributed by atoms with Gasteiger partial charge in [0.1, 0.15) is 22.5 Å². The van der Waals surface area contributed by atoms with Crippen molar-refractivity contribution in [1.29, 1.82) is 5.26 Å². The monoisotopic (exact) mass is 530 g/mol. The summed E-state index contributed by atoms with van der Waals surface area (Å²) in [4.78, 5) is 24.5. The molecule has 0 spiro atoms. The number of carbonyl (C=O) groups is 1. The topological polar surface area (TPSA) is 101 Å². The fourth-order valence-corrected chi connectivity index (χ4v) is 5.80. The van der Waals surface area contributed by atoms with Gasteiger partial charge >= 0.3 is 0 Å². The Morgan fingerprint density at radius 2 is 2.00 bits per heavy atom. The summed E-state index contributed by atoms with van der Waals surface area (Å²) < 4.78 is 35.1. The highest BCUT2D eigenvalue weighted by Gasteiger charge is 2.35. The number of hydrogen-bond donors (Lipinski definition) is 0. The van der Waals surface area contributed by atoms with Crippen molar-refractivity contribution in [3.05, 3.63) is 76.4 Å². The summed E-state index contributed by atoms with van der Waals surface area (Å²) in [6, 6.07) is 10.8. The number of piperidine rings is 1. The standard InChI is InChI=1S/C27H20F2N6O2S/c1-14-25(15(2)37-33-14)16-6-9-22-21(10-16)32-26(35(22)27-31-13-18(12-30)38-27)23-4-3-5-24(36)34(23)17-7-8-19(28)20(29)11-17/h6-11,13,23H,3-5H2,1-2H3/t23-/m0/s1. The van der Waals surface area contributed by atoms with Gasteiger partial charge in [-0.3, -0.25) is 9.36 Å². The highest BCUT2D eigenvalue weighted by Crippen LogP contribution is 2.40. The molecule has 3 aromatic heterocycles. The maximum Gasteiger partial charge on any atom is 0.227 e. The molecular formula is C27H20F2N6O2S. The molecule has 0 radical (unpaired) electrons. The zero-order chi connectivity index (χ0) is 26.6. The molecule has 0 N–H and O–H groups in total. The lowest BCUT2D eigenvalue weighted by Crippen LogP contribution is -2.39. The molecule has 5 aromatic rings. The first-order chi connectivity index (χ1) is 18.4. The molecule has 1 aliphatic heterocycles. The van der Waals surface area contributed by atoms with Crippen molar-refractivity contribution in [1.82, 2.24) is 19.7 Å². The van der Waals surface area contributed by atoms with Crippen LogP contribution in [0.5, 0.6) is 0 Å². The van der Waals surface area contributed by atoms with Crippen LogP contribution in [-0.2, 0) is 4.79 Å². The highest BCUT2D eigenvalue weighted by molar-refractivity contribution is 7.14. The Morgan fingerprint density at radius 1 is 1.16 bits per heavy atom. The second-order valence-corrected chi connectivity index (χ2v) is 10.1. The number of hydrogen-bond acceptors (Lipinski definition) is 7. The molecule has 1 amide bonds. The summed E-state index contributed by atoms with van der Waals surface area (Å²) in [7, 11) is 0. The van der Waals surface area contributed by atoms with Gasteiger partial charge in [-0.25, -0.2) is 18.7 Å². The van der Waals surface area contributed by atoms with Gasteiger partial charge in [-0.05, 0) is 56.5 Å². The average Bonchev–Trinajstić information content (AvgIpc) is 3.61. The van der Waals surface area contributed by atoms with Gasteiger partial charge in [-0.15, -0.1) is 0 Å². The van der Waals surface area contributed by atoms with E-state index in [9.17, 15) is 18.8 Å². The third-order valence-corrected chi connectivity index (χ3v) is 7.61. The van der Waals surface area contributed by atoms with Crippen LogP contribution in [0.25, 0.3) is 27.3 Å². The second-order valence-electron chi connectivity index (χ2n) is 9.10. The molecule has 0 aliphatic carbocycles. The fraction of sp³-hybridized carbons (Fsp3) is 0.222. The Balaban J connectivity index is 1.57. The quantitative estimate of drug-likeness (QED) is 0.276. The zero-order valence-electron chi connectivity index (χ0n) is 20.4. The second kappa shape index (κ2) is 9.15. The number of halogens is 2. The maximum atomic E-state index is 14.2. The number of fused-ring (bicyclic) bond motifs is 1. The molecule has 0 bridgehead atoms. The number of amides is 1. The van der Waals surface area contributed by atoms with Crippen molar-refractivity contribution in [3.63, 3.8) is 0 Å². The van der Waals surface area contributed by atoms with Crippen LogP contribution < -0.4 is 4.90 Å². The number of rotatable bonds is 4. The van der Waals surface area contributed by atoms with E-state index in [2.05, 4.69) is 16.2 Å². The number of nitriles is 1. The summed E-state index contributed by atoms with van der Waals surface area (Å²) in [5.74, 6) is -1.02. The molecule has 0 saturated carbocycles. The Bertz CT molecular complexity index is 1750. The summed E-state index contributed by atoms with van der Waals surface area (Å²) in [6.45, 7) is 3.71. The van der Waals surface area contributed by atoms with Crippen molar-refractivity contribution < 1.29 is 18.1 Å². The van der Waals surface area contributed by atoms with Gasteiger partial charge in [0.15, 0.2) is 16.8 Å². The molecule has 38 heavy (non-hydrogen) atoms. The molecular weight excluding hydrogens is 510 g/mol. The first kappa shape index (κ1) is 23.9. The average molecular weight is 531 g/mol. The summed E-state index contributed by atoms with van der Waals surface area (Å²) in [5, 5.41) is 14.0. The van der Waals surface area contributed by atoms with Crippen LogP contribution in [0.15, 0.2) is 47.1 Å². The number of imidazole rings is 1. The van der Waals surface area contributed by atoms with E-state index in [1.165, 1.54) is 28.5 Å². The molecule has 11 heteroatoms. The van der Waals surface area contributed by atoms with Crippen molar-refractivity contribution in [2.24, 2.45) is 0 Å². The number of thiazole rings is 1. The van der Waals surface area contributed by atoms with Gasteiger partial charge < -0.3 is 9.42 Å². The van der Waals surface area contributed by atoms with Gasteiger partial charge in [0.25, 0.3) is 0 Å². The van der Waals surface area contributed by atoms with E-state index in [0.717, 1.165) is 34.5 Å². The number of aryl methyl sites for hydroxylation is 2. The van der Waals surface area contributed by atoms with Crippen LogP contribution >= 0.6 is 11.3 Å². The van der Waals surface area contributed by atoms with E-state index in [-0.39, 0.29) is 18.0 Å². The fourth-order valence-electron chi connectivity index (χ4n) is 5.07. The van der Waals surface area contributed by atoms with E-state index in [4.69, 9.17) is 9.51 Å². The molecule has 1 fully saturated rings. The lowest BCUT2D eigenvalue weighted by Gasteiger charge is -2.35. The van der Waals surface area contributed by atoms with Gasteiger partial charge in [0.05, 0.1) is 29.0 Å². The molecule has 4 heterocycles.